The molecular formula is C17H27FN2O. The number of halogens is 1. The molecule has 2 rings (SSSR count). The highest BCUT2D eigenvalue weighted by atomic mass is 19.1. The third-order valence-electron chi connectivity index (χ3n) is 4.47. The van der Waals surface area contributed by atoms with Crippen LogP contribution in [0, 0.1) is 11.7 Å². The molecule has 3 nitrogen and oxygen atoms in total. The first-order chi connectivity index (χ1) is 9.99. The van der Waals surface area contributed by atoms with Gasteiger partial charge in [0.1, 0.15) is 11.6 Å². The highest BCUT2D eigenvalue weighted by Crippen LogP contribution is 2.25. The van der Waals surface area contributed by atoms with Gasteiger partial charge in [-0.15, -0.1) is 0 Å². The Morgan fingerprint density at radius 3 is 2.48 bits per heavy atom. The van der Waals surface area contributed by atoms with Crippen molar-refractivity contribution in [3.05, 3.63) is 29.6 Å². The van der Waals surface area contributed by atoms with Gasteiger partial charge in [-0.1, -0.05) is 19.9 Å². The molecule has 0 bridgehead atoms. The van der Waals surface area contributed by atoms with Gasteiger partial charge in [0, 0.05) is 30.3 Å². The van der Waals surface area contributed by atoms with E-state index in [1.165, 1.54) is 38.1 Å². The van der Waals surface area contributed by atoms with Gasteiger partial charge in [0.15, 0.2) is 0 Å². The number of rotatable bonds is 6. The highest BCUT2D eigenvalue weighted by Gasteiger charge is 2.25. The molecule has 1 aliphatic heterocycles. The maximum Gasteiger partial charge on any atom is 0.126 e. The summed E-state index contributed by atoms with van der Waals surface area (Å²) in [6, 6.07) is 4.75. The minimum atomic E-state index is -0.402. The van der Waals surface area contributed by atoms with E-state index >= 15 is 0 Å². The summed E-state index contributed by atoms with van der Waals surface area (Å²) in [6.07, 6.45) is 2.58. The lowest BCUT2D eigenvalue weighted by atomic mass is 10.0. The summed E-state index contributed by atoms with van der Waals surface area (Å²) in [7, 11) is 0. The largest absolute Gasteiger partial charge is 0.508 e. The molecule has 21 heavy (non-hydrogen) atoms. The lowest BCUT2D eigenvalue weighted by Crippen LogP contribution is -2.44. The van der Waals surface area contributed by atoms with Crippen LogP contribution in [-0.4, -0.2) is 35.7 Å². The van der Waals surface area contributed by atoms with Crippen molar-refractivity contribution in [2.75, 3.05) is 19.6 Å². The summed E-state index contributed by atoms with van der Waals surface area (Å²) < 4.78 is 13.0. The fraction of sp³-hybridized carbons (Fsp3) is 0.647. The number of phenolic OH excluding ortho intramolecular Hbond substituents is 1. The second kappa shape index (κ2) is 7.23. The molecule has 2 atom stereocenters. The Bertz CT molecular complexity index is 458. The standard InChI is InChI=1S/C17H27FN2O/c1-12(2)16(20-8-4-5-9-20)11-19-13(3)15-7-6-14(18)10-17(15)21/h6-7,10,12-13,16,19,21H,4-5,8-9,11H2,1-3H3. The average molecular weight is 294 g/mol. The average Bonchev–Trinajstić information content (AvgIpc) is 2.92. The van der Waals surface area contributed by atoms with Crippen LogP contribution in [0.3, 0.4) is 0 Å². The van der Waals surface area contributed by atoms with Crippen molar-refractivity contribution in [2.45, 2.75) is 45.7 Å². The van der Waals surface area contributed by atoms with Gasteiger partial charge in [0.2, 0.25) is 0 Å². The zero-order valence-corrected chi connectivity index (χ0v) is 13.3. The zero-order valence-electron chi connectivity index (χ0n) is 13.3. The maximum atomic E-state index is 13.0. The van der Waals surface area contributed by atoms with E-state index in [0.29, 0.717) is 12.0 Å². The number of phenols is 1. The molecule has 0 aliphatic carbocycles. The predicted octanol–water partition coefficient (Wildman–Crippen LogP) is 3.30. The van der Waals surface area contributed by atoms with Crippen LogP contribution in [0.1, 0.15) is 45.2 Å². The van der Waals surface area contributed by atoms with Crippen LogP contribution < -0.4 is 5.32 Å². The molecule has 1 aliphatic rings. The fourth-order valence-corrected chi connectivity index (χ4v) is 3.15. The van der Waals surface area contributed by atoms with E-state index in [1.807, 2.05) is 6.92 Å². The molecule has 1 fully saturated rings. The van der Waals surface area contributed by atoms with Crippen LogP contribution in [-0.2, 0) is 0 Å². The molecule has 4 heteroatoms. The Hall–Kier alpha value is -1.13. The SMILES string of the molecule is CC(NCC(C(C)C)N1CCCC1)c1ccc(F)cc1O. The molecular weight excluding hydrogens is 267 g/mol. The summed E-state index contributed by atoms with van der Waals surface area (Å²) in [5, 5.41) is 13.4. The van der Waals surface area contributed by atoms with Gasteiger partial charge in [0.05, 0.1) is 0 Å². The van der Waals surface area contributed by atoms with Gasteiger partial charge in [0.25, 0.3) is 0 Å². The number of nitrogens with zero attached hydrogens (tertiary/aromatic N) is 1. The fourth-order valence-electron chi connectivity index (χ4n) is 3.15. The molecule has 1 aromatic rings. The van der Waals surface area contributed by atoms with Crippen molar-refractivity contribution >= 4 is 0 Å². The Labute approximate surface area is 127 Å². The van der Waals surface area contributed by atoms with E-state index in [9.17, 15) is 9.50 Å². The lowest BCUT2D eigenvalue weighted by molar-refractivity contribution is 0.182. The van der Waals surface area contributed by atoms with Crippen molar-refractivity contribution in [1.29, 1.82) is 0 Å². The van der Waals surface area contributed by atoms with Gasteiger partial charge in [-0.3, -0.25) is 4.90 Å². The van der Waals surface area contributed by atoms with E-state index in [2.05, 4.69) is 24.1 Å². The predicted molar refractivity (Wildman–Crippen MR) is 83.9 cm³/mol. The smallest absolute Gasteiger partial charge is 0.126 e. The zero-order chi connectivity index (χ0) is 15.4. The normalized spacial score (nSPS) is 19.1. The van der Waals surface area contributed by atoms with Gasteiger partial charge >= 0.3 is 0 Å². The minimum absolute atomic E-state index is 0.00875. The molecule has 1 saturated heterocycles. The summed E-state index contributed by atoms with van der Waals surface area (Å²) >= 11 is 0. The third-order valence-corrected chi connectivity index (χ3v) is 4.47. The number of aromatic hydroxyl groups is 1. The Morgan fingerprint density at radius 1 is 1.24 bits per heavy atom. The Balaban J connectivity index is 1.96. The number of likely N-dealkylation sites (tertiary alicyclic amines) is 1. The van der Waals surface area contributed by atoms with Crippen molar-refractivity contribution in [3.63, 3.8) is 0 Å². The number of nitrogens with one attached hydrogen (secondary N) is 1. The van der Waals surface area contributed by atoms with Gasteiger partial charge in [-0.2, -0.15) is 0 Å². The van der Waals surface area contributed by atoms with Crippen LogP contribution in [0.25, 0.3) is 0 Å². The molecule has 0 spiro atoms. The van der Waals surface area contributed by atoms with Crippen LogP contribution in [0.4, 0.5) is 4.39 Å². The first-order valence-corrected chi connectivity index (χ1v) is 7.95. The van der Waals surface area contributed by atoms with Gasteiger partial charge < -0.3 is 10.4 Å². The van der Waals surface area contributed by atoms with Crippen LogP contribution in [0.15, 0.2) is 18.2 Å². The summed E-state index contributed by atoms with van der Waals surface area (Å²) in [4.78, 5) is 2.55. The second-order valence-corrected chi connectivity index (χ2v) is 6.39. The van der Waals surface area contributed by atoms with Gasteiger partial charge in [-0.25, -0.2) is 4.39 Å². The van der Waals surface area contributed by atoms with Crippen LogP contribution in [0.5, 0.6) is 5.75 Å². The summed E-state index contributed by atoms with van der Waals surface area (Å²) in [5.41, 5.74) is 0.750. The van der Waals surface area contributed by atoms with Gasteiger partial charge in [-0.05, 0) is 44.8 Å². The monoisotopic (exact) mass is 294 g/mol. The lowest BCUT2D eigenvalue weighted by Gasteiger charge is -2.32. The molecule has 2 N–H and O–H groups in total. The topological polar surface area (TPSA) is 35.5 Å². The Morgan fingerprint density at radius 2 is 1.90 bits per heavy atom. The highest BCUT2D eigenvalue weighted by molar-refractivity contribution is 5.34. The van der Waals surface area contributed by atoms with Crippen molar-refractivity contribution in [3.8, 4) is 5.75 Å². The number of hydrogen-bond acceptors (Lipinski definition) is 3. The quantitative estimate of drug-likeness (QED) is 0.845. The van der Waals surface area contributed by atoms with Crippen LogP contribution in [0.2, 0.25) is 0 Å². The molecule has 1 heterocycles. The first-order valence-electron chi connectivity index (χ1n) is 7.95. The Kier molecular flexibility index (Phi) is 5.59. The molecule has 1 aromatic carbocycles. The molecule has 2 unspecified atom stereocenters. The molecule has 0 radical (unpaired) electrons. The molecule has 118 valence electrons. The summed E-state index contributed by atoms with van der Waals surface area (Å²) in [5.74, 6) is 0.211. The second-order valence-electron chi connectivity index (χ2n) is 6.39. The molecule has 0 amide bonds. The summed E-state index contributed by atoms with van der Waals surface area (Å²) in [6.45, 7) is 9.76. The maximum absolute atomic E-state index is 13.0. The van der Waals surface area contributed by atoms with Crippen LogP contribution >= 0.6 is 0 Å². The minimum Gasteiger partial charge on any atom is -0.508 e. The van der Waals surface area contributed by atoms with Crippen molar-refractivity contribution in [1.82, 2.24) is 10.2 Å². The van der Waals surface area contributed by atoms with E-state index in [-0.39, 0.29) is 11.8 Å². The molecule has 0 aromatic heterocycles. The van der Waals surface area contributed by atoms with Crippen molar-refractivity contribution in [2.24, 2.45) is 5.92 Å². The van der Waals surface area contributed by atoms with E-state index < -0.39 is 5.82 Å². The van der Waals surface area contributed by atoms with E-state index in [4.69, 9.17) is 0 Å². The third kappa shape index (κ3) is 4.17. The number of hydrogen-bond donors (Lipinski definition) is 2. The molecule has 0 saturated carbocycles. The van der Waals surface area contributed by atoms with E-state index in [1.54, 1.807) is 6.07 Å². The first kappa shape index (κ1) is 16.2. The van der Waals surface area contributed by atoms with Crippen molar-refractivity contribution < 1.29 is 9.50 Å². The number of benzene rings is 1. The van der Waals surface area contributed by atoms with E-state index in [0.717, 1.165) is 12.1 Å².